The van der Waals surface area contributed by atoms with Crippen molar-refractivity contribution >= 4 is 38.7 Å². The monoisotopic (exact) mass is 433 g/mol. The normalized spacial score (nSPS) is 25.8. The summed E-state index contributed by atoms with van der Waals surface area (Å²) in [5.41, 5.74) is 1.62. The molecule has 5 rings (SSSR count). The Morgan fingerprint density at radius 1 is 1.20 bits per heavy atom. The molecular weight excluding hydrogens is 410 g/mol. The van der Waals surface area contributed by atoms with Crippen LogP contribution in [0.3, 0.4) is 0 Å². The summed E-state index contributed by atoms with van der Waals surface area (Å²) in [6.07, 6.45) is 3.46. The molecule has 3 aliphatic rings. The number of sulfonamides is 1. The van der Waals surface area contributed by atoms with Gasteiger partial charge in [0.15, 0.2) is 11.4 Å². The highest BCUT2D eigenvalue weighted by Gasteiger charge is 2.42. The van der Waals surface area contributed by atoms with E-state index in [1.165, 1.54) is 11.2 Å². The fourth-order valence-electron chi connectivity index (χ4n) is 4.72. The number of carbonyl (C=O) groups is 2. The van der Waals surface area contributed by atoms with Crippen LogP contribution in [0.2, 0.25) is 0 Å². The molecule has 2 aromatic rings. The number of carbonyl (C=O) groups excluding carboxylic acids is 2. The first-order chi connectivity index (χ1) is 14.3. The number of benzene rings is 1. The van der Waals surface area contributed by atoms with Gasteiger partial charge in [-0.2, -0.15) is 4.31 Å². The Bertz CT molecular complexity index is 1120. The largest absolute Gasteiger partial charge is 0.354 e. The topological polar surface area (TPSA) is 116 Å². The second-order valence-corrected chi connectivity index (χ2v) is 10.2. The van der Waals surface area contributed by atoms with Crippen molar-refractivity contribution in [3.63, 3.8) is 0 Å². The van der Waals surface area contributed by atoms with Crippen molar-refractivity contribution in [3.05, 3.63) is 23.8 Å². The molecule has 4 heterocycles. The zero-order valence-electron chi connectivity index (χ0n) is 16.6. The van der Waals surface area contributed by atoms with E-state index in [0.29, 0.717) is 31.0 Å². The lowest BCUT2D eigenvalue weighted by Gasteiger charge is -2.39. The third-order valence-corrected chi connectivity index (χ3v) is 7.50. The fourth-order valence-corrected chi connectivity index (χ4v) is 5.61. The minimum absolute atomic E-state index is 0.204. The molecule has 11 heteroatoms. The van der Waals surface area contributed by atoms with Gasteiger partial charge in [0.2, 0.25) is 15.9 Å². The van der Waals surface area contributed by atoms with Gasteiger partial charge in [-0.05, 0) is 30.5 Å². The van der Waals surface area contributed by atoms with Crippen LogP contribution in [0.15, 0.2) is 22.7 Å². The fraction of sp³-hybridized carbons (Fsp3) is 0.526. The number of urea groups is 1. The van der Waals surface area contributed by atoms with Gasteiger partial charge < -0.3 is 4.52 Å². The van der Waals surface area contributed by atoms with E-state index in [0.717, 1.165) is 23.8 Å². The van der Waals surface area contributed by atoms with E-state index < -0.39 is 16.1 Å². The lowest BCUT2D eigenvalue weighted by atomic mass is 10.1. The molecule has 10 nitrogen and oxygen atoms in total. The molecule has 30 heavy (non-hydrogen) atoms. The summed E-state index contributed by atoms with van der Waals surface area (Å²) in [5.74, 6) is 0.107. The molecule has 0 radical (unpaired) electrons. The predicted octanol–water partition coefficient (Wildman–Crippen LogP) is 0.882. The van der Waals surface area contributed by atoms with Crippen LogP contribution in [-0.4, -0.2) is 72.7 Å². The molecule has 1 aromatic heterocycles. The summed E-state index contributed by atoms with van der Waals surface area (Å²) in [6, 6.07) is 5.68. The van der Waals surface area contributed by atoms with E-state index in [4.69, 9.17) is 4.52 Å². The van der Waals surface area contributed by atoms with Gasteiger partial charge in [0.25, 0.3) is 0 Å². The predicted molar refractivity (Wildman–Crippen MR) is 108 cm³/mol. The van der Waals surface area contributed by atoms with Crippen LogP contribution in [0.5, 0.6) is 0 Å². The summed E-state index contributed by atoms with van der Waals surface area (Å²) in [6.45, 7) is 2.00. The molecule has 2 atom stereocenters. The molecule has 1 aromatic carbocycles. The van der Waals surface area contributed by atoms with E-state index in [-0.39, 0.29) is 31.0 Å². The molecule has 0 saturated carbocycles. The summed E-state index contributed by atoms with van der Waals surface area (Å²) in [5, 5.41) is 7.08. The first kappa shape index (κ1) is 19.5. The van der Waals surface area contributed by atoms with Crippen LogP contribution in [0.4, 0.5) is 10.6 Å². The number of nitrogens with zero attached hydrogens (tertiary/aromatic N) is 4. The lowest BCUT2D eigenvalue weighted by molar-refractivity contribution is -0.120. The number of imide groups is 1. The van der Waals surface area contributed by atoms with Crippen LogP contribution < -0.4 is 10.2 Å². The van der Waals surface area contributed by atoms with Gasteiger partial charge in [-0.1, -0.05) is 11.2 Å². The highest BCUT2D eigenvalue weighted by molar-refractivity contribution is 7.88. The van der Waals surface area contributed by atoms with Gasteiger partial charge in [0.05, 0.1) is 11.6 Å². The van der Waals surface area contributed by atoms with Gasteiger partial charge in [0.1, 0.15) is 0 Å². The van der Waals surface area contributed by atoms with Crippen molar-refractivity contribution in [2.75, 3.05) is 30.8 Å². The van der Waals surface area contributed by atoms with Gasteiger partial charge in [-0.25, -0.2) is 13.2 Å². The minimum Gasteiger partial charge on any atom is -0.354 e. The van der Waals surface area contributed by atoms with Crippen LogP contribution in [0, 0.1) is 0 Å². The average Bonchev–Trinajstić information content (AvgIpc) is 3.17. The maximum Gasteiger partial charge on any atom is 0.329 e. The average molecular weight is 433 g/mol. The first-order valence-corrected chi connectivity index (χ1v) is 11.8. The highest BCUT2D eigenvalue weighted by Crippen LogP contribution is 2.34. The molecule has 3 amide bonds. The molecule has 0 unspecified atom stereocenters. The Labute approximate surface area is 173 Å². The van der Waals surface area contributed by atoms with Crippen molar-refractivity contribution in [1.29, 1.82) is 0 Å². The molecule has 3 aliphatic heterocycles. The SMILES string of the molecule is CS(=O)(=O)N1C[C@H]2CC[C@@H](C1)N2Cc1ccc2onc(N3CCC(=O)NC3=O)c2c1. The van der Waals surface area contributed by atoms with Crippen LogP contribution >= 0.6 is 0 Å². The third-order valence-electron chi connectivity index (χ3n) is 6.26. The van der Waals surface area contributed by atoms with Crippen LogP contribution in [0.1, 0.15) is 24.8 Å². The first-order valence-electron chi connectivity index (χ1n) is 10.00. The number of amides is 3. The van der Waals surface area contributed by atoms with Crippen molar-refractivity contribution < 1.29 is 22.5 Å². The van der Waals surface area contributed by atoms with Crippen molar-refractivity contribution in [2.24, 2.45) is 0 Å². The van der Waals surface area contributed by atoms with Crippen LogP contribution in [-0.2, 0) is 21.4 Å². The van der Waals surface area contributed by atoms with Gasteiger partial charge in [-0.3, -0.25) is 19.9 Å². The number of aromatic nitrogens is 1. The molecule has 2 bridgehead atoms. The molecule has 160 valence electrons. The smallest absolute Gasteiger partial charge is 0.329 e. The van der Waals surface area contributed by atoms with E-state index >= 15 is 0 Å². The Morgan fingerprint density at radius 3 is 2.60 bits per heavy atom. The Balaban J connectivity index is 1.39. The van der Waals surface area contributed by atoms with Crippen molar-refractivity contribution in [1.82, 2.24) is 19.7 Å². The maximum atomic E-state index is 12.2. The maximum absolute atomic E-state index is 12.2. The Hall–Kier alpha value is -2.50. The molecule has 0 aliphatic carbocycles. The number of anilines is 1. The summed E-state index contributed by atoms with van der Waals surface area (Å²) < 4.78 is 30.9. The van der Waals surface area contributed by atoms with Gasteiger partial charge >= 0.3 is 6.03 Å². The number of fused-ring (bicyclic) bond motifs is 3. The Kier molecular flexibility index (Phi) is 4.56. The van der Waals surface area contributed by atoms with E-state index in [9.17, 15) is 18.0 Å². The highest BCUT2D eigenvalue weighted by atomic mass is 32.2. The quantitative estimate of drug-likeness (QED) is 0.761. The van der Waals surface area contributed by atoms with Gasteiger partial charge in [-0.15, -0.1) is 0 Å². The van der Waals surface area contributed by atoms with Crippen LogP contribution in [0.25, 0.3) is 11.0 Å². The summed E-state index contributed by atoms with van der Waals surface area (Å²) >= 11 is 0. The second-order valence-electron chi connectivity index (χ2n) is 8.23. The molecule has 1 N–H and O–H groups in total. The standard InChI is InChI=1S/C19H23N5O5S/c1-30(27,28)22-10-13-3-4-14(11-22)24(13)9-12-2-5-16-15(8-12)18(21-29-16)23-7-6-17(25)20-19(23)26/h2,5,8,13-14H,3-4,6-7,9-11H2,1H3,(H,20,25,26)/t13-,14+. The minimum atomic E-state index is -3.18. The molecule has 3 fully saturated rings. The number of rotatable bonds is 4. The van der Waals surface area contributed by atoms with Crippen molar-refractivity contribution in [2.45, 2.75) is 37.9 Å². The Morgan fingerprint density at radius 2 is 1.93 bits per heavy atom. The second kappa shape index (κ2) is 7.03. The van der Waals surface area contributed by atoms with E-state index in [1.807, 2.05) is 18.2 Å². The zero-order valence-corrected chi connectivity index (χ0v) is 17.4. The summed E-state index contributed by atoms with van der Waals surface area (Å²) in [4.78, 5) is 27.4. The van der Waals surface area contributed by atoms with E-state index in [1.54, 1.807) is 4.31 Å². The van der Waals surface area contributed by atoms with Crippen molar-refractivity contribution in [3.8, 4) is 0 Å². The number of nitrogens with one attached hydrogen (secondary N) is 1. The van der Waals surface area contributed by atoms with Gasteiger partial charge in [0, 0.05) is 44.7 Å². The zero-order chi connectivity index (χ0) is 21.0. The van der Waals surface area contributed by atoms with E-state index in [2.05, 4.69) is 15.4 Å². The number of hydrogen-bond acceptors (Lipinski definition) is 7. The number of hydrogen-bond donors (Lipinski definition) is 1. The molecular formula is C19H23N5O5S. The lowest BCUT2D eigenvalue weighted by Crippen LogP contribution is -2.54. The molecule has 0 spiro atoms. The molecule has 3 saturated heterocycles. The summed E-state index contributed by atoms with van der Waals surface area (Å²) in [7, 11) is -3.18. The third kappa shape index (κ3) is 3.36. The number of piperazine rings is 1.